The Bertz CT molecular complexity index is 2550. The van der Waals surface area contributed by atoms with Gasteiger partial charge in [-0.25, -0.2) is 10.2 Å². The second kappa shape index (κ2) is 21.3. The third-order valence-electron chi connectivity index (χ3n) is 13.8. The number of amides is 4. The molecule has 3 aliphatic rings. The summed E-state index contributed by atoms with van der Waals surface area (Å²) >= 11 is 0. The van der Waals surface area contributed by atoms with Crippen molar-refractivity contribution in [2.24, 2.45) is 17.3 Å². The van der Waals surface area contributed by atoms with Crippen LogP contribution < -0.4 is 10.7 Å². The largest absolute Gasteiger partial charge is 0.508 e. The summed E-state index contributed by atoms with van der Waals surface area (Å²) in [5, 5.41) is 16.8. The fourth-order valence-electron chi connectivity index (χ4n) is 9.88. The first-order valence-electron chi connectivity index (χ1n) is 24.5. The van der Waals surface area contributed by atoms with Crippen molar-refractivity contribution in [3.8, 4) is 28.1 Å². The summed E-state index contributed by atoms with van der Waals surface area (Å²) in [6.45, 7) is 14.9. The van der Waals surface area contributed by atoms with E-state index < -0.39 is 53.3 Å². The standard InChI is InChI=1S/C53H71N7O9/c1-11-34(29-57(8)52(66)69-38-18-19-38)49(63)58(9)46(31(3)4)48(62)55-43-25-33-23-36(26-37(61)24-33)35-17-20-44-40(27-35)41(47(59(44)12-2)39-15-13-21-54-45(39)32(5)67-10)28-53(6,7)30-68-51(65)42-16-14-22-60(56-42)50(43)64/h13,15,17,20-21,23-24,26-27,31-32,34,38,42-43,46,56,61H,11-12,14,16,18-19,22,25,28-30H2,1-10H3,(H,55,62)/t32-,34-,42-,43-,46-/m0/s1. The van der Waals surface area contributed by atoms with Crippen LogP contribution in [0.1, 0.15) is 103 Å². The highest BCUT2D eigenvalue weighted by Gasteiger charge is 2.39. The SMILES string of the molecule is CC[C@@H](CN(C)C(=O)OC1CC1)C(=O)N(C)[C@H](C(=O)N[C@H]1Cc2cc(O)cc(c2)-c2ccc3c(c2)c(c(-c2cccnc2[C@H](C)OC)n3CC)CC(C)(C)COC(=O)[C@@H]2CCCN(N2)C1=O)C(C)C. The zero-order valence-corrected chi connectivity index (χ0v) is 42.0. The molecule has 16 heteroatoms. The fourth-order valence-corrected chi connectivity index (χ4v) is 9.88. The summed E-state index contributed by atoms with van der Waals surface area (Å²) in [5.74, 6) is -2.83. The van der Waals surface area contributed by atoms with Gasteiger partial charge in [0.1, 0.15) is 30.0 Å². The van der Waals surface area contributed by atoms with Crippen LogP contribution >= 0.6 is 0 Å². The summed E-state index contributed by atoms with van der Waals surface area (Å²) in [7, 11) is 4.84. The molecule has 3 N–H and O–H groups in total. The minimum Gasteiger partial charge on any atom is -0.508 e. The first-order valence-corrected chi connectivity index (χ1v) is 24.5. The molecular weight excluding hydrogens is 879 g/mol. The van der Waals surface area contributed by atoms with E-state index in [9.17, 15) is 29.1 Å². The fraction of sp³-hybridized carbons (Fsp3) is 0.547. The van der Waals surface area contributed by atoms with E-state index >= 15 is 0 Å². The van der Waals surface area contributed by atoms with Gasteiger partial charge in [-0.15, -0.1) is 0 Å². The molecule has 4 aromatic rings. The van der Waals surface area contributed by atoms with Gasteiger partial charge in [-0.3, -0.25) is 29.2 Å². The van der Waals surface area contributed by atoms with Crippen LogP contribution in [0.3, 0.4) is 0 Å². The summed E-state index contributed by atoms with van der Waals surface area (Å²) < 4.78 is 19.7. The number of hydrogen-bond donors (Lipinski definition) is 3. The molecule has 16 nitrogen and oxygen atoms in total. The summed E-state index contributed by atoms with van der Waals surface area (Å²) in [5.41, 5.74) is 9.50. The third-order valence-corrected chi connectivity index (χ3v) is 13.8. The number of esters is 1. The predicted molar refractivity (Wildman–Crippen MR) is 263 cm³/mol. The lowest BCUT2D eigenvalue weighted by Gasteiger charge is -2.37. The Kier molecular flexibility index (Phi) is 15.7. The van der Waals surface area contributed by atoms with E-state index in [1.54, 1.807) is 39.5 Å². The van der Waals surface area contributed by atoms with Crippen LogP contribution in [0.5, 0.6) is 5.75 Å². The number of aryl methyl sites for hydroxylation is 1. The van der Waals surface area contributed by atoms with Crippen LogP contribution in [-0.2, 0) is 52.8 Å². The lowest BCUT2D eigenvalue weighted by atomic mass is 9.84. The number of phenolic OH excluding ortho intramolecular Hbond substituents is 1. The van der Waals surface area contributed by atoms with Crippen molar-refractivity contribution in [2.75, 3.05) is 40.9 Å². The Morgan fingerprint density at radius 3 is 2.46 bits per heavy atom. The number of likely N-dealkylation sites (N-methyl/N-ethyl adjacent to an activating group) is 1. The molecule has 0 unspecified atom stereocenters. The first kappa shape index (κ1) is 50.9. The van der Waals surface area contributed by atoms with Gasteiger partial charge in [0.05, 0.1) is 30.0 Å². The van der Waals surface area contributed by atoms with E-state index in [1.807, 2.05) is 45.9 Å². The van der Waals surface area contributed by atoms with E-state index in [2.05, 4.69) is 54.3 Å². The van der Waals surface area contributed by atoms with Crippen LogP contribution in [0.15, 0.2) is 54.7 Å². The van der Waals surface area contributed by atoms with Crippen molar-refractivity contribution in [3.05, 3.63) is 71.5 Å². The molecule has 69 heavy (non-hydrogen) atoms. The normalized spacial score (nSPS) is 19.8. The van der Waals surface area contributed by atoms with Gasteiger partial charge in [-0.2, -0.15) is 0 Å². The number of pyridine rings is 1. The number of carbonyl (C=O) groups excluding carboxylic acids is 5. The molecule has 7 rings (SSSR count). The summed E-state index contributed by atoms with van der Waals surface area (Å²) in [6.07, 6.45) is 4.44. The number of hydrazine groups is 1. The quantitative estimate of drug-likeness (QED) is 0.115. The number of hydrogen-bond acceptors (Lipinski definition) is 11. The number of methoxy groups -OCH3 is 1. The first-order chi connectivity index (χ1) is 32.8. The predicted octanol–water partition coefficient (Wildman–Crippen LogP) is 7.19. The van der Waals surface area contributed by atoms with Crippen LogP contribution in [0, 0.1) is 17.3 Å². The number of nitrogens with zero attached hydrogens (tertiary/aromatic N) is 5. The summed E-state index contributed by atoms with van der Waals surface area (Å²) in [4.78, 5) is 77.9. The highest BCUT2D eigenvalue weighted by Crippen LogP contribution is 2.42. The van der Waals surface area contributed by atoms with E-state index in [1.165, 1.54) is 14.8 Å². The molecule has 2 aromatic heterocycles. The van der Waals surface area contributed by atoms with Crippen molar-refractivity contribution in [3.63, 3.8) is 0 Å². The topological polar surface area (TPSA) is 185 Å². The van der Waals surface area contributed by atoms with Crippen molar-refractivity contribution in [1.82, 2.24) is 35.1 Å². The van der Waals surface area contributed by atoms with Crippen molar-refractivity contribution in [2.45, 2.75) is 130 Å². The molecule has 1 saturated carbocycles. The number of nitrogens with one attached hydrogen (secondary N) is 2. The Hall–Kier alpha value is -6.00. The number of aromatic hydroxyl groups is 1. The molecule has 4 amide bonds. The highest BCUT2D eigenvalue weighted by atomic mass is 16.6. The number of ether oxygens (including phenoxy) is 3. The lowest BCUT2D eigenvalue weighted by Crippen LogP contribution is -2.62. The van der Waals surface area contributed by atoms with Gasteiger partial charge in [0.15, 0.2) is 0 Å². The molecule has 1 aliphatic carbocycles. The number of fused-ring (bicyclic) bond motifs is 6. The molecule has 2 aliphatic heterocycles. The Labute approximate surface area is 406 Å². The third kappa shape index (κ3) is 11.4. The zero-order chi connectivity index (χ0) is 49.9. The molecule has 372 valence electrons. The van der Waals surface area contributed by atoms with Gasteiger partial charge in [0.25, 0.3) is 5.91 Å². The van der Waals surface area contributed by atoms with E-state index in [0.717, 1.165) is 51.8 Å². The van der Waals surface area contributed by atoms with E-state index in [4.69, 9.17) is 19.2 Å². The molecule has 1 saturated heterocycles. The number of phenols is 1. The van der Waals surface area contributed by atoms with Gasteiger partial charge < -0.3 is 39.0 Å². The Morgan fingerprint density at radius 2 is 1.78 bits per heavy atom. The van der Waals surface area contributed by atoms with Crippen molar-refractivity contribution >= 4 is 40.7 Å². The number of rotatable bonds is 13. The molecule has 4 heterocycles. The maximum absolute atomic E-state index is 14.8. The van der Waals surface area contributed by atoms with Crippen molar-refractivity contribution < 1.29 is 43.3 Å². The Morgan fingerprint density at radius 1 is 1.03 bits per heavy atom. The van der Waals surface area contributed by atoms with Gasteiger partial charge in [-0.05, 0) is 117 Å². The second-order valence-electron chi connectivity index (χ2n) is 20.2. The average Bonchev–Trinajstić information content (AvgIpc) is 4.10. The van der Waals surface area contributed by atoms with Crippen molar-refractivity contribution in [1.29, 1.82) is 0 Å². The molecule has 0 spiro atoms. The Balaban J connectivity index is 1.28. The summed E-state index contributed by atoms with van der Waals surface area (Å²) in [6, 6.07) is 12.4. The second-order valence-corrected chi connectivity index (χ2v) is 20.2. The molecule has 2 fully saturated rings. The van der Waals surface area contributed by atoms with Gasteiger partial charge >= 0.3 is 12.1 Å². The zero-order valence-electron chi connectivity index (χ0n) is 42.0. The van der Waals surface area contributed by atoms with Gasteiger partial charge in [0.2, 0.25) is 11.8 Å². The maximum atomic E-state index is 14.8. The molecule has 5 atom stereocenters. The smallest absolute Gasteiger partial charge is 0.409 e. The molecule has 2 aromatic carbocycles. The minimum atomic E-state index is -1.18. The van der Waals surface area contributed by atoms with Crippen LogP contribution in [-0.4, -0.2) is 124 Å². The number of cyclic esters (lactones) is 1. The van der Waals surface area contributed by atoms with E-state index in [0.29, 0.717) is 43.4 Å². The number of carbonyl (C=O) groups is 5. The number of aromatic nitrogens is 2. The molecular formula is C53H71N7O9. The lowest BCUT2D eigenvalue weighted by molar-refractivity contribution is -0.155. The highest BCUT2D eigenvalue weighted by molar-refractivity contribution is 5.96. The maximum Gasteiger partial charge on any atom is 0.409 e. The van der Waals surface area contributed by atoms with Gasteiger partial charge in [-0.1, -0.05) is 46.8 Å². The number of benzene rings is 2. The molecule has 6 bridgehead atoms. The van der Waals surface area contributed by atoms with Gasteiger partial charge in [0, 0.05) is 75.3 Å². The van der Waals surface area contributed by atoms with Crippen LogP contribution in [0.2, 0.25) is 0 Å². The van der Waals surface area contributed by atoms with Crippen LogP contribution in [0.4, 0.5) is 4.79 Å². The van der Waals surface area contributed by atoms with E-state index in [-0.39, 0.29) is 55.9 Å². The average molecular weight is 950 g/mol. The molecule has 0 radical (unpaired) electrons. The monoisotopic (exact) mass is 950 g/mol. The minimum absolute atomic E-state index is 0.0165. The van der Waals surface area contributed by atoms with Crippen LogP contribution in [0.25, 0.3) is 33.3 Å².